The van der Waals surface area contributed by atoms with Crippen molar-refractivity contribution < 1.29 is 4.79 Å². The third-order valence-corrected chi connectivity index (χ3v) is 6.07. The fourth-order valence-corrected chi connectivity index (χ4v) is 3.92. The molecule has 1 aliphatic rings. The molecule has 9 heteroatoms. The van der Waals surface area contributed by atoms with Gasteiger partial charge in [-0.1, -0.05) is 32.9 Å². The zero-order valence-electron chi connectivity index (χ0n) is 20.2. The SMILES string of the molecule is CNCC(C=N)=Nc1nccc(-c2ccc(CNC(=O)N3CCC(C(C)(C)C)C3)c(C#N)c2)n1. The van der Waals surface area contributed by atoms with Crippen molar-refractivity contribution in [3.05, 3.63) is 41.6 Å². The van der Waals surface area contributed by atoms with E-state index in [0.29, 0.717) is 29.4 Å². The van der Waals surface area contributed by atoms with Crippen LogP contribution in [0.2, 0.25) is 0 Å². The van der Waals surface area contributed by atoms with E-state index in [1.54, 1.807) is 25.4 Å². The minimum absolute atomic E-state index is 0.0957. The second kappa shape index (κ2) is 11.0. The van der Waals surface area contributed by atoms with Gasteiger partial charge in [-0.2, -0.15) is 5.26 Å². The number of hydrogen-bond acceptors (Lipinski definition) is 7. The van der Waals surface area contributed by atoms with E-state index in [0.717, 1.165) is 36.9 Å². The summed E-state index contributed by atoms with van der Waals surface area (Å²) < 4.78 is 0. The van der Waals surface area contributed by atoms with Crippen LogP contribution in [0, 0.1) is 28.1 Å². The number of aliphatic imine (C=N–C) groups is 1. The molecule has 0 saturated carbocycles. The number of nitriles is 1. The minimum atomic E-state index is -0.0957. The Bertz CT molecular complexity index is 1110. The monoisotopic (exact) mass is 460 g/mol. The number of likely N-dealkylation sites (tertiary alicyclic amines) is 1. The van der Waals surface area contributed by atoms with Crippen LogP contribution in [0.4, 0.5) is 10.7 Å². The summed E-state index contributed by atoms with van der Waals surface area (Å²) in [6, 6.07) is 9.34. The van der Waals surface area contributed by atoms with Crippen LogP contribution in [-0.4, -0.2) is 59.5 Å². The van der Waals surface area contributed by atoms with E-state index in [2.05, 4.69) is 52.4 Å². The summed E-state index contributed by atoms with van der Waals surface area (Å²) in [5.41, 5.74) is 3.29. The van der Waals surface area contributed by atoms with Gasteiger partial charge in [0.1, 0.15) is 0 Å². The van der Waals surface area contributed by atoms with E-state index in [4.69, 9.17) is 5.41 Å². The van der Waals surface area contributed by atoms with E-state index in [9.17, 15) is 10.1 Å². The molecule has 1 saturated heterocycles. The maximum atomic E-state index is 12.7. The fourth-order valence-electron chi connectivity index (χ4n) is 3.92. The Morgan fingerprint density at radius 1 is 1.38 bits per heavy atom. The summed E-state index contributed by atoms with van der Waals surface area (Å²) in [7, 11) is 1.78. The molecule has 0 radical (unpaired) electrons. The Morgan fingerprint density at radius 3 is 2.82 bits per heavy atom. The summed E-state index contributed by atoms with van der Waals surface area (Å²) in [5, 5.41) is 23.1. The summed E-state index contributed by atoms with van der Waals surface area (Å²) >= 11 is 0. The molecule has 1 aromatic heterocycles. The molecule has 1 fully saturated rings. The topological polar surface area (TPSA) is 130 Å². The Hall–Kier alpha value is -3.64. The molecule has 1 aromatic carbocycles. The smallest absolute Gasteiger partial charge is 0.317 e. The maximum absolute atomic E-state index is 12.7. The number of aromatic nitrogens is 2. The molecule has 34 heavy (non-hydrogen) atoms. The van der Waals surface area contributed by atoms with Crippen molar-refractivity contribution in [2.45, 2.75) is 33.7 Å². The zero-order chi connectivity index (χ0) is 24.7. The molecule has 2 aromatic rings. The highest BCUT2D eigenvalue weighted by Crippen LogP contribution is 2.33. The molecule has 1 aliphatic heterocycles. The van der Waals surface area contributed by atoms with Crippen LogP contribution < -0.4 is 10.6 Å². The van der Waals surface area contributed by atoms with E-state index in [-0.39, 0.29) is 23.9 Å². The van der Waals surface area contributed by atoms with Crippen LogP contribution >= 0.6 is 0 Å². The fraction of sp³-hybridized carbons (Fsp3) is 0.440. The third kappa shape index (κ3) is 6.23. The van der Waals surface area contributed by atoms with Crippen molar-refractivity contribution in [1.82, 2.24) is 25.5 Å². The number of benzene rings is 1. The van der Waals surface area contributed by atoms with E-state index < -0.39 is 0 Å². The molecule has 0 aliphatic carbocycles. The highest BCUT2D eigenvalue weighted by atomic mass is 16.2. The molecule has 3 rings (SSSR count). The third-order valence-electron chi connectivity index (χ3n) is 6.07. The molecule has 1 unspecified atom stereocenters. The van der Waals surface area contributed by atoms with Gasteiger partial charge in [0.15, 0.2) is 0 Å². The lowest BCUT2D eigenvalue weighted by Crippen LogP contribution is -2.39. The molecule has 0 spiro atoms. The van der Waals surface area contributed by atoms with Crippen LogP contribution in [0.15, 0.2) is 35.5 Å². The highest BCUT2D eigenvalue weighted by Gasteiger charge is 2.33. The molecule has 0 bridgehead atoms. The minimum Gasteiger partial charge on any atom is -0.334 e. The average molecular weight is 461 g/mol. The summed E-state index contributed by atoms with van der Waals surface area (Å²) in [6.45, 7) is 8.86. The summed E-state index contributed by atoms with van der Waals surface area (Å²) in [4.78, 5) is 27.4. The number of rotatable bonds is 7. The second-order valence-electron chi connectivity index (χ2n) is 9.46. The predicted octanol–water partition coefficient (Wildman–Crippen LogP) is 3.53. The van der Waals surface area contributed by atoms with E-state index in [1.165, 1.54) is 0 Å². The Balaban J connectivity index is 1.71. The Morgan fingerprint density at radius 2 is 2.18 bits per heavy atom. The van der Waals surface area contributed by atoms with Gasteiger partial charge >= 0.3 is 6.03 Å². The number of carbonyl (C=O) groups excluding carboxylic acids is 1. The van der Waals surface area contributed by atoms with Crippen LogP contribution in [0.25, 0.3) is 11.3 Å². The molecular formula is C25H32N8O. The first-order valence-corrected chi connectivity index (χ1v) is 11.4. The maximum Gasteiger partial charge on any atom is 0.317 e. The van der Waals surface area contributed by atoms with Crippen molar-refractivity contribution in [3.63, 3.8) is 0 Å². The van der Waals surface area contributed by atoms with Crippen molar-refractivity contribution >= 4 is 23.9 Å². The standard InChI is InChI=1S/C25H32N8O/c1-25(2,3)20-8-10-33(16-20)24(34)30-14-18-6-5-17(11-19(18)12-26)22-7-9-29-23(32-22)31-21(13-27)15-28-4/h5-7,9,11,13,20,27-28H,8,10,14-16H2,1-4H3,(H,30,34). The first-order valence-electron chi connectivity index (χ1n) is 11.4. The number of hydrogen-bond donors (Lipinski definition) is 3. The number of carbonyl (C=O) groups is 1. The average Bonchev–Trinajstić information content (AvgIpc) is 3.33. The van der Waals surface area contributed by atoms with Gasteiger partial charge in [-0.25, -0.2) is 19.8 Å². The molecular weight excluding hydrogens is 428 g/mol. The van der Waals surface area contributed by atoms with Crippen molar-refractivity contribution in [2.75, 3.05) is 26.7 Å². The molecule has 2 heterocycles. The van der Waals surface area contributed by atoms with Crippen LogP contribution in [0.1, 0.15) is 38.3 Å². The number of nitrogens with zero attached hydrogens (tertiary/aromatic N) is 5. The Labute approximate surface area is 200 Å². The Kier molecular flexibility index (Phi) is 8.08. The van der Waals surface area contributed by atoms with Gasteiger partial charge in [0.05, 0.1) is 23.0 Å². The lowest BCUT2D eigenvalue weighted by molar-refractivity contribution is 0.196. The number of urea groups is 1. The largest absolute Gasteiger partial charge is 0.334 e. The number of nitrogens with one attached hydrogen (secondary N) is 3. The van der Waals surface area contributed by atoms with Gasteiger partial charge in [0, 0.05) is 44.2 Å². The first kappa shape index (κ1) is 25.0. The van der Waals surface area contributed by atoms with Gasteiger partial charge < -0.3 is 20.9 Å². The summed E-state index contributed by atoms with van der Waals surface area (Å²) in [6.07, 6.45) is 3.77. The van der Waals surface area contributed by atoms with Crippen LogP contribution in [0.3, 0.4) is 0 Å². The molecule has 3 N–H and O–H groups in total. The van der Waals surface area contributed by atoms with Gasteiger partial charge in [0.2, 0.25) is 5.95 Å². The van der Waals surface area contributed by atoms with Crippen molar-refractivity contribution in [2.24, 2.45) is 16.3 Å². The molecule has 1 atom stereocenters. The lowest BCUT2D eigenvalue weighted by Gasteiger charge is -2.27. The number of amides is 2. The molecule has 9 nitrogen and oxygen atoms in total. The van der Waals surface area contributed by atoms with Crippen LogP contribution in [-0.2, 0) is 6.54 Å². The highest BCUT2D eigenvalue weighted by molar-refractivity contribution is 6.31. The zero-order valence-corrected chi connectivity index (χ0v) is 20.2. The molecule has 178 valence electrons. The second-order valence-corrected chi connectivity index (χ2v) is 9.46. The summed E-state index contributed by atoms with van der Waals surface area (Å²) in [5.74, 6) is 0.739. The van der Waals surface area contributed by atoms with E-state index >= 15 is 0 Å². The normalized spacial score (nSPS) is 16.3. The van der Waals surface area contributed by atoms with E-state index in [1.807, 2.05) is 17.0 Å². The van der Waals surface area contributed by atoms with Crippen molar-refractivity contribution in [3.8, 4) is 17.3 Å². The van der Waals surface area contributed by atoms with Gasteiger partial charge in [-0.3, -0.25) is 0 Å². The quantitative estimate of drug-likeness (QED) is 0.544. The van der Waals surface area contributed by atoms with Crippen molar-refractivity contribution in [1.29, 1.82) is 10.7 Å². The first-order chi connectivity index (χ1) is 16.2. The molecule has 2 amide bonds. The lowest BCUT2D eigenvalue weighted by atomic mass is 9.80. The predicted molar refractivity (Wildman–Crippen MR) is 133 cm³/mol. The van der Waals surface area contributed by atoms with Gasteiger partial charge in [0.25, 0.3) is 0 Å². The van der Waals surface area contributed by atoms with Gasteiger partial charge in [-0.15, -0.1) is 0 Å². The van der Waals surface area contributed by atoms with Crippen LogP contribution in [0.5, 0.6) is 0 Å². The van der Waals surface area contributed by atoms with Gasteiger partial charge in [-0.05, 0) is 42.5 Å².